The smallest absolute Gasteiger partial charge is 0.311 e. The van der Waals surface area contributed by atoms with E-state index < -0.39 is 0 Å². The van der Waals surface area contributed by atoms with Gasteiger partial charge in [0.15, 0.2) is 6.07 Å². The topological polar surface area (TPSA) is 45.3 Å². The number of nitrogens with one attached hydrogen (secondary N) is 1. The molecule has 1 saturated heterocycles. The van der Waals surface area contributed by atoms with E-state index >= 15 is 0 Å². The van der Waals surface area contributed by atoms with Crippen molar-refractivity contribution in [3.8, 4) is 0 Å². The van der Waals surface area contributed by atoms with E-state index in [1.54, 1.807) is 0 Å². The third-order valence-electron chi connectivity index (χ3n) is 5.26. The normalized spacial score (nSPS) is 27.6. The van der Waals surface area contributed by atoms with Crippen LogP contribution in [0, 0.1) is 5.92 Å². The predicted octanol–water partition coefficient (Wildman–Crippen LogP) is 2.87. The van der Waals surface area contributed by atoms with Gasteiger partial charge in [0, 0.05) is 35.6 Å². The second kappa shape index (κ2) is 5.28. The lowest BCUT2D eigenvalue weighted by atomic mass is 9.72. The van der Waals surface area contributed by atoms with E-state index in [4.69, 9.17) is 16.3 Å². The molecule has 1 aliphatic heterocycles. The molecule has 4 rings (SSSR count). The largest absolute Gasteiger partial charge is 0.449 e. The molecule has 0 spiro atoms. The number of nitrogens with zero attached hydrogens (tertiary/aromatic N) is 1. The van der Waals surface area contributed by atoms with E-state index in [0.29, 0.717) is 12.0 Å². The van der Waals surface area contributed by atoms with E-state index in [2.05, 4.69) is 41.3 Å². The van der Waals surface area contributed by atoms with Crippen molar-refractivity contribution >= 4 is 28.5 Å². The van der Waals surface area contributed by atoms with Crippen LogP contribution in [0.5, 0.6) is 0 Å². The van der Waals surface area contributed by atoms with Crippen LogP contribution in [0.15, 0.2) is 24.4 Å². The van der Waals surface area contributed by atoms with Gasteiger partial charge in [0.2, 0.25) is 0 Å². The summed E-state index contributed by atoms with van der Waals surface area (Å²) in [7, 11) is 2.11. The zero-order chi connectivity index (χ0) is 15.3. The highest BCUT2D eigenvalue weighted by atomic mass is 35.5. The fourth-order valence-corrected chi connectivity index (χ4v) is 4.39. The number of piperidine rings is 1. The third kappa shape index (κ3) is 2.05. The van der Waals surface area contributed by atoms with Gasteiger partial charge in [-0.25, -0.2) is 0 Å². The van der Waals surface area contributed by atoms with Crippen LogP contribution in [-0.4, -0.2) is 41.6 Å². The molecule has 1 aromatic heterocycles. The van der Waals surface area contributed by atoms with Gasteiger partial charge in [-0.15, -0.1) is 0 Å². The SMILES string of the molecule is CN1CC(C(=O)OCCl)CC2c3cccc4[nH]cc(c34)C[C@H]21. The van der Waals surface area contributed by atoms with E-state index in [-0.39, 0.29) is 18.0 Å². The van der Waals surface area contributed by atoms with Crippen LogP contribution in [0.25, 0.3) is 10.9 Å². The number of likely N-dealkylation sites (N-methyl/N-ethyl adjacent to an activating group) is 1. The van der Waals surface area contributed by atoms with Crippen molar-refractivity contribution in [1.82, 2.24) is 9.88 Å². The van der Waals surface area contributed by atoms with Crippen LogP contribution < -0.4 is 0 Å². The van der Waals surface area contributed by atoms with Crippen molar-refractivity contribution in [2.24, 2.45) is 5.92 Å². The second-order valence-corrected chi connectivity index (χ2v) is 6.62. The number of carbonyl (C=O) groups excluding carboxylic acids is 1. The lowest BCUT2D eigenvalue weighted by Gasteiger charge is -2.44. The molecule has 0 amide bonds. The summed E-state index contributed by atoms with van der Waals surface area (Å²) >= 11 is 5.55. The number of fused-ring (bicyclic) bond motifs is 2. The summed E-state index contributed by atoms with van der Waals surface area (Å²) in [6, 6.07) is 6.81. The molecule has 0 bridgehead atoms. The average molecular weight is 319 g/mol. The Kier molecular flexibility index (Phi) is 3.39. The molecule has 116 valence electrons. The zero-order valence-electron chi connectivity index (χ0n) is 12.5. The molecule has 2 heterocycles. The van der Waals surface area contributed by atoms with Gasteiger partial charge in [0.05, 0.1) is 5.92 Å². The molecule has 3 atom stereocenters. The monoisotopic (exact) mass is 318 g/mol. The Morgan fingerprint density at radius 1 is 1.50 bits per heavy atom. The van der Waals surface area contributed by atoms with Crippen LogP contribution in [-0.2, 0) is 16.0 Å². The number of aromatic amines is 1. The van der Waals surface area contributed by atoms with Crippen LogP contribution in [0.3, 0.4) is 0 Å². The minimum absolute atomic E-state index is 0.0648. The van der Waals surface area contributed by atoms with E-state index in [0.717, 1.165) is 19.4 Å². The van der Waals surface area contributed by atoms with Crippen molar-refractivity contribution < 1.29 is 9.53 Å². The van der Waals surface area contributed by atoms with Crippen molar-refractivity contribution in [3.63, 3.8) is 0 Å². The number of H-pyrrole nitrogens is 1. The van der Waals surface area contributed by atoms with Crippen molar-refractivity contribution in [1.29, 1.82) is 0 Å². The number of esters is 1. The molecule has 0 radical (unpaired) electrons. The number of likely N-dealkylation sites (tertiary alicyclic amines) is 1. The maximum Gasteiger partial charge on any atom is 0.311 e. The minimum Gasteiger partial charge on any atom is -0.449 e. The number of halogens is 1. The van der Waals surface area contributed by atoms with Crippen LogP contribution >= 0.6 is 11.6 Å². The summed E-state index contributed by atoms with van der Waals surface area (Å²) in [6.07, 6.45) is 4.01. The van der Waals surface area contributed by atoms with E-state index in [1.807, 2.05) is 0 Å². The number of ether oxygens (including phenoxy) is 1. The molecule has 1 aromatic carbocycles. The quantitative estimate of drug-likeness (QED) is 0.684. The zero-order valence-corrected chi connectivity index (χ0v) is 13.3. The first-order chi connectivity index (χ1) is 10.7. The molecule has 0 saturated carbocycles. The van der Waals surface area contributed by atoms with Gasteiger partial charge in [-0.2, -0.15) is 0 Å². The maximum atomic E-state index is 12.1. The summed E-state index contributed by atoms with van der Waals surface area (Å²) < 4.78 is 5.03. The summed E-state index contributed by atoms with van der Waals surface area (Å²) in [5, 5.41) is 1.35. The highest BCUT2D eigenvalue weighted by Crippen LogP contribution is 2.44. The first-order valence-electron chi connectivity index (χ1n) is 7.70. The van der Waals surface area contributed by atoms with Gasteiger partial charge in [-0.3, -0.25) is 4.79 Å². The summed E-state index contributed by atoms with van der Waals surface area (Å²) in [6.45, 7) is 0.743. The molecule has 2 aliphatic rings. The average Bonchev–Trinajstić information content (AvgIpc) is 2.93. The Balaban J connectivity index is 1.73. The van der Waals surface area contributed by atoms with Gasteiger partial charge in [0.1, 0.15) is 0 Å². The Bertz CT molecular complexity index is 727. The van der Waals surface area contributed by atoms with Gasteiger partial charge in [-0.1, -0.05) is 23.7 Å². The fourth-order valence-electron chi connectivity index (χ4n) is 4.28. The highest BCUT2D eigenvalue weighted by molar-refractivity contribution is 6.17. The van der Waals surface area contributed by atoms with Crippen LogP contribution in [0.1, 0.15) is 23.5 Å². The number of hydrogen-bond donors (Lipinski definition) is 1. The standard InChI is InChI=1S/C17H19ClN2O2/c1-20-8-11(17(21)22-9-18)5-13-12-3-2-4-14-16(12)10(7-19-14)6-15(13)20/h2-4,7,11,13,15,19H,5-6,8-9H2,1H3/t11?,13?,15-/m1/s1. The first-order valence-corrected chi connectivity index (χ1v) is 8.24. The van der Waals surface area contributed by atoms with Gasteiger partial charge < -0.3 is 14.6 Å². The summed E-state index contributed by atoms with van der Waals surface area (Å²) in [4.78, 5) is 17.8. The van der Waals surface area contributed by atoms with Crippen molar-refractivity contribution in [2.45, 2.75) is 24.8 Å². The van der Waals surface area contributed by atoms with Crippen molar-refractivity contribution in [2.75, 3.05) is 19.7 Å². The van der Waals surface area contributed by atoms with Crippen LogP contribution in [0.4, 0.5) is 0 Å². The number of hydrogen-bond acceptors (Lipinski definition) is 3. The van der Waals surface area contributed by atoms with E-state index in [9.17, 15) is 4.79 Å². The molecule has 1 aliphatic carbocycles. The third-order valence-corrected chi connectivity index (χ3v) is 5.36. The number of benzene rings is 1. The predicted molar refractivity (Wildman–Crippen MR) is 86.1 cm³/mol. The molecular weight excluding hydrogens is 300 g/mol. The second-order valence-electron chi connectivity index (χ2n) is 6.41. The molecule has 4 nitrogen and oxygen atoms in total. The Morgan fingerprint density at radius 3 is 3.18 bits per heavy atom. The van der Waals surface area contributed by atoms with E-state index in [1.165, 1.54) is 22.0 Å². The minimum atomic E-state index is -0.174. The number of alkyl halides is 1. The molecule has 5 heteroatoms. The number of rotatable bonds is 2. The van der Waals surface area contributed by atoms with Crippen LogP contribution in [0.2, 0.25) is 0 Å². The van der Waals surface area contributed by atoms with Gasteiger partial charge in [-0.05, 0) is 37.1 Å². The molecule has 2 unspecified atom stereocenters. The molecule has 1 N–H and O–H groups in total. The molecule has 1 fully saturated rings. The lowest BCUT2D eigenvalue weighted by Crippen LogP contribution is -2.49. The maximum absolute atomic E-state index is 12.1. The first kappa shape index (κ1) is 14.1. The Labute approximate surface area is 134 Å². The summed E-state index contributed by atoms with van der Waals surface area (Å²) in [5.41, 5.74) is 3.94. The van der Waals surface area contributed by atoms with Gasteiger partial charge >= 0.3 is 5.97 Å². The lowest BCUT2D eigenvalue weighted by molar-refractivity contribution is -0.149. The summed E-state index contributed by atoms with van der Waals surface area (Å²) in [5.74, 6) is 0.103. The Morgan fingerprint density at radius 2 is 2.36 bits per heavy atom. The fraction of sp³-hybridized carbons (Fsp3) is 0.471. The Hall–Kier alpha value is -1.52. The molecule has 22 heavy (non-hydrogen) atoms. The highest BCUT2D eigenvalue weighted by Gasteiger charge is 2.41. The molecule has 2 aromatic rings. The van der Waals surface area contributed by atoms with Gasteiger partial charge in [0.25, 0.3) is 0 Å². The number of aromatic nitrogens is 1. The van der Waals surface area contributed by atoms with Crippen molar-refractivity contribution in [3.05, 3.63) is 35.5 Å². The molecular formula is C17H19ClN2O2. The number of carbonyl (C=O) groups is 1.